The molecule has 9 heteroatoms. The van der Waals surface area contributed by atoms with Crippen molar-refractivity contribution in [3.05, 3.63) is 28.8 Å². The van der Waals surface area contributed by atoms with Crippen molar-refractivity contribution in [1.82, 2.24) is 14.9 Å². The number of carbonyl (C=O) groups is 2. The maximum absolute atomic E-state index is 13.4. The van der Waals surface area contributed by atoms with Crippen molar-refractivity contribution < 1.29 is 22.7 Å². The van der Waals surface area contributed by atoms with Crippen molar-refractivity contribution >= 4 is 21.8 Å². The quantitative estimate of drug-likeness (QED) is 0.680. The van der Waals surface area contributed by atoms with Crippen LogP contribution in [-0.4, -0.2) is 56.5 Å². The molecule has 2 fully saturated rings. The third-order valence-electron chi connectivity index (χ3n) is 5.66. The second kappa shape index (κ2) is 9.45. The number of benzene rings is 1. The molecule has 1 aromatic rings. The molecule has 1 atom stereocenters. The standard InChI is InChI=1S/C21H31N3O5S/c1-14-11-15(2)19(16(3)12-14)30(27,28)24-9-6-10-29-18(24)13-22-20(25)21(26)23-17-7-4-5-8-17/h11-12,17-18H,4-10,13H2,1-3H3,(H,22,25)(H,23,26)/t18-/m1/s1. The second-order valence-electron chi connectivity index (χ2n) is 8.19. The summed E-state index contributed by atoms with van der Waals surface area (Å²) in [6.45, 7) is 6.09. The van der Waals surface area contributed by atoms with Crippen molar-refractivity contribution in [2.45, 2.75) is 70.0 Å². The third kappa shape index (κ3) is 5.01. The van der Waals surface area contributed by atoms with Gasteiger partial charge in [-0.3, -0.25) is 9.59 Å². The first-order valence-electron chi connectivity index (χ1n) is 10.5. The van der Waals surface area contributed by atoms with Gasteiger partial charge < -0.3 is 15.4 Å². The number of aryl methyl sites for hydroxylation is 3. The van der Waals surface area contributed by atoms with Crippen LogP contribution in [0.3, 0.4) is 0 Å². The lowest BCUT2D eigenvalue weighted by Gasteiger charge is -2.35. The lowest BCUT2D eigenvalue weighted by atomic mass is 10.1. The van der Waals surface area contributed by atoms with E-state index < -0.39 is 28.1 Å². The van der Waals surface area contributed by atoms with Crippen LogP contribution >= 0.6 is 0 Å². The summed E-state index contributed by atoms with van der Waals surface area (Å²) in [6.07, 6.45) is 3.57. The minimum absolute atomic E-state index is 0.0403. The monoisotopic (exact) mass is 437 g/mol. The summed E-state index contributed by atoms with van der Waals surface area (Å²) in [4.78, 5) is 24.6. The molecule has 0 unspecified atom stereocenters. The Balaban J connectivity index is 1.70. The largest absolute Gasteiger partial charge is 0.360 e. The molecule has 30 heavy (non-hydrogen) atoms. The fraction of sp³-hybridized carbons (Fsp3) is 0.619. The molecular formula is C21H31N3O5S. The van der Waals surface area contributed by atoms with E-state index in [1.54, 1.807) is 13.8 Å². The number of hydrogen-bond acceptors (Lipinski definition) is 5. The fourth-order valence-electron chi connectivity index (χ4n) is 4.37. The van der Waals surface area contributed by atoms with Crippen LogP contribution in [0.4, 0.5) is 0 Å². The first-order valence-corrected chi connectivity index (χ1v) is 11.9. The average molecular weight is 438 g/mol. The van der Waals surface area contributed by atoms with Gasteiger partial charge in [0.15, 0.2) is 0 Å². The Bertz CT molecular complexity index is 886. The molecule has 2 N–H and O–H groups in total. The minimum Gasteiger partial charge on any atom is -0.360 e. The molecule has 1 aliphatic heterocycles. The number of amides is 2. The van der Waals surface area contributed by atoms with Crippen LogP contribution in [0.25, 0.3) is 0 Å². The Kier molecular flexibility index (Phi) is 7.15. The molecule has 0 bridgehead atoms. The van der Waals surface area contributed by atoms with Gasteiger partial charge in [-0.2, -0.15) is 4.31 Å². The Hall–Kier alpha value is -1.97. The molecule has 166 valence electrons. The number of rotatable bonds is 5. The molecule has 2 aliphatic rings. The first-order chi connectivity index (χ1) is 14.2. The predicted octanol–water partition coefficient (Wildman–Crippen LogP) is 1.52. The summed E-state index contributed by atoms with van der Waals surface area (Å²) in [5, 5.41) is 5.27. The number of carbonyl (C=O) groups excluding carboxylic acids is 2. The molecule has 0 radical (unpaired) electrons. The van der Waals surface area contributed by atoms with Gasteiger partial charge >= 0.3 is 11.8 Å². The number of nitrogens with zero attached hydrogens (tertiary/aromatic N) is 1. The molecule has 0 spiro atoms. The lowest BCUT2D eigenvalue weighted by molar-refractivity contribution is -0.140. The van der Waals surface area contributed by atoms with E-state index in [0.717, 1.165) is 31.2 Å². The van der Waals surface area contributed by atoms with E-state index in [1.807, 2.05) is 19.1 Å². The van der Waals surface area contributed by atoms with E-state index in [2.05, 4.69) is 10.6 Å². The Morgan fingerprint density at radius 2 is 1.70 bits per heavy atom. The van der Waals surface area contributed by atoms with Gasteiger partial charge in [-0.25, -0.2) is 8.42 Å². The van der Waals surface area contributed by atoms with Crippen LogP contribution < -0.4 is 10.6 Å². The molecule has 2 amide bonds. The summed E-state index contributed by atoms with van der Waals surface area (Å²) in [5.74, 6) is -1.45. The number of hydrogen-bond donors (Lipinski definition) is 2. The highest BCUT2D eigenvalue weighted by atomic mass is 32.2. The van der Waals surface area contributed by atoms with Crippen molar-refractivity contribution in [2.24, 2.45) is 0 Å². The van der Waals surface area contributed by atoms with Crippen LogP contribution in [-0.2, 0) is 24.3 Å². The summed E-state index contributed by atoms with van der Waals surface area (Å²) in [5.41, 5.74) is 2.35. The number of nitrogens with one attached hydrogen (secondary N) is 2. The summed E-state index contributed by atoms with van der Waals surface area (Å²) in [6, 6.07) is 3.72. The normalized spacial score (nSPS) is 20.8. The van der Waals surface area contributed by atoms with Gasteiger partial charge in [0.2, 0.25) is 10.0 Å². The molecular weight excluding hydrogens is 406 g/mol. The molecule has 3 rings (SSSR count). The van der Waals surface area contributed by atoms with E-state index in [1.165, 1.54) is 4.31 Å². The van der Waals surface area contributed by atoms with Crippen molar-refractivity contribution in [3.63, 3.8) is 0 Å². The zero-order valence-electron chi connectivity index (χ0n) is 17.9. The van der Waals surface area contributed by atoms with Crippen LogP contribution in [0.2, 0.25) is 0 Å². The van der Waals surface area contributed by atoms with Gasteiger partial charge in [0.1, 0.15) is 6.23 Å². The highest BCUT2D eigenvalue weighted by Gasteiger charge is 2.36. The summed E-state index contributed by atoms with van der Waals surface area (Å²) < 4.78 is 33.8. The molecule has 1 saturated carbocycles. The average Bonchev–Trinajstić information content (AvgIpc) is 3.18. The third-order valence-corrected chi connectivity index (χ3v) is 7.85. The highest BCUT2D eigenvalue weighted by Crippen LogP contribution is 2.28. The van der Waals surface area contributed by atoms with E-state index in [4.69, 9.17) is 4.74 Å². The SMILES string of the molecule is Cc1cc(C)c(S(=O)(=O)N2CCCO[C@@H]2CNC(=O)C(=O)NC2CCCC2)c(C)c1. The van der Waals surface area contributed by atoms with Gasteiger partial charge in [-0.05, 0) is 51.2 Å². The molecule has 1 aromatic carbocycles. The van der Waals surface area contributed by atoms with Crippen molar-refractivity contribution in [1.29, 1.82) is 0 Å². The van der Waals surface area contributed by atoms with Crippen LogP contribution in [0.15, 0.2) is 17.0 Å². The fourth-order valence-corrected chi connectivity index (χ4v) is 6.36. The van der Waals surface area contributed by atoms with Gasteiger partial charge in [0, 0.05) is 12.6 Å². The first kappa shape index (κ1) is 22.7. The highest BCUT2D eigenvalue weighted by molar-refractivity contribution is 7.89. The van der Waals surface area contributed by atoms with Gasteiger partial charge in [-0.15, -0.1) is 0 Å². The number of ether oxygens (including phenoxy) is 1. The molecule has 8 nitrogen and oxygen atoms in total. The summed E-state index contributed by atoms with van der Waals surface area (Å²) >= 11 is 0. The van der Waals surface area contributed by atoms with Crippen molar-refractivity contribution in [3.8, 4) is 0 Å². The van der Waals surface area contributed by atoms with Gasteiger partial charge in [0.25, 0.3) is 0 Å². The maximum atomic E-state index is 13.4. The zero-order valence-corrected chi connectivity index (χ0v) is 18.7. The van der Waals surface area contributed by atoms with Crippen LogP contribution in [0, 0.1) is 20.8 Å². The topological polar surface area (TPSA) is 105 Å². The van der Waals surface area contributed by atoms with Crippen molar-refractivity contribution in [2.75, 3.05) is 19.7 Å². The second-order valence-corrected chi connectivity index (χ2v) is 10.0. The summed E-state index contributed by atoms with van der Waals surface area (Å²) in [7, 11) is -3.82. The lowest BCUT2D eigenvalue weighted by Crippen LogP contribution is -2.53. The smallest absolute Gasteiger partial charge is 0.309 e. The molecule has 1 saturated heterocycles. The van der Waals surface area contributed by atoms with Crippen LogP contribution in [0.5, 0.6) is 0 Å². The number of sulfonamides is 1. The molecule has 1 heterocycles. The van der Waals surface area contributed by atoms with E-state index >= 15 is 0 Å². The minimum atomic E-state index is -3.82. The van der Waals surface area contributed by atoms with Gasteiger partial charge in [0.05, 0.1) is 18.0 Å². The Morgan fingerprint density at radius 1 is 1.07 bits per heavy atom. The maximum Gasteiger partial charge on any atom is 0.309 e. The van der Waals surface area contributed by atoms with Gasteiger partial charge in [-0.1, -0.05) is 30.5 Å². The zero-order chi connectivity index (χ0) is 21.9. The van der Waals surface area contributed by atoms with E-state index in [0.29, 0.717) is 30.7 Å². The predicted molar refractivity (Wildman–Crippen MR) is 112 cm³/mol. The van der Waals surface area contributed by atoms with Crippen LogP contribution in [0.1, 0.15) is 48.8 Å². The molecule has 1 aliphatic carbocycles. The van der Waals surface area contributed by atoms with E-state index in [9.17, 15) is 18.0 Å². The Labute approximate surface area is 178 Å². The van der Waals surface area contributed by atoms with E-state index in [-0.39, 0.29) is 17.5 Å². The molecule has 0 aromatic heterocycles. The Morgan fingerprint density at radius 3 is 2.33 bits per heavy atom.